The lowest BCUT2D eigenvalue weighted by Crippen LogP contribution is -2.42. The number of carbonyl (C=O) groups excluding carboxylic acids is 1. The summed E-state index contributed by atoms with van der Waals surface area (Å²) in [6, 6.07) is 14.7. The molecular weight excluding hydrogens is 463 g/mol. The van der Waals surface area contributed by atoms with Crippen molar-refractivity contribution in [3.8, 4) is 22.6 Å². The van der Waals surface area contributed by atoms with Gasteiger partial charge in [0.25, 0.3) is 0 Å². The Hall–Kier alpha value is -3.17. The summed E-state index contributed by atoms with van der Waals surface area (Å²) in [5, 5.41) is 11.6. The Morgan fingerprint density at radius 2 is 1.88 bits per heavy atom. The largest absolute Gasteiger partial charge is 0.488 e. The van der Waals surface area contributed by atoms with Crippen LogP contribution in [0.3, 0.4) is 0 Å². The van der Waals surface area contributed by atoms with Gasteiger partial charge < -0.3 is 30.8 Å². The van der Waals surface area contributed by atoms with E-state index in [-0.39, 0.29) is 58.5 Å². The first-order valence-corrected chi connectivity index (χ1v) is 10.9. The molecule has 2 atom stereocenters. The van der Waals surface area contributed by atoms with Gasteiger partial charge in [0.15, 0.2) is 17.2 Å². The number of nitrogens with two attached hydrogens (primary N) is 2. The number of aliphatic hydroxyl groups is 1. The van der Waals surface area contributed by atoms with Crippen molar-refractivity contribution < 1.29 is 28.5 Å². The van der Waals surface area contributed by atoms with E-state index in [9.17, 15) is 9.90 Å². The summed E-state index contributed by atoms with van der Waals surface area (Å²) in [7, 11) is 1.49. The van der Waals surface area contributed by atoms with Gasteiger partial charge in [-0.15, -0.1) is 0 Å². The van der Waals surface area contributed by atoms with Crippen molar-refractivity contribution in [3.05, 3.63) is 82.1 Å². The summed E-state index contributed by atoms with van der Waals surface area (Å²) in [4.78, 5) is 12.3. The first-order valence-electron chi connectivity index (χ1n) is 10.5. The fourth-order valence-electron chi connectivity index (χ4n) is 4.23. The molecule has 3 aromatic carbocycles. The molecule has 0 bridgehead atoms. The van der Waals surface area contributed by atoms with Gasteiger partial charge in [-0.25, -0.2) is 4.39 Å². The third-order valence-corrected chi connectivity index (χ3v) is 6.21. The SMILES string of the molecule is COCCOc1ccc(C(N)=O)c(-c2c(Cl)ccc3c2[C@H](O)[C@@](CN)(c2ccccc2)O3)c1F. The van der Waals surface area contributed by atoms with Gasteiger partial charge >= 0.3 is 0 Å². The normalized spacial score (nSPS) is 18.9. The van der Waals surface area contributed by atoms with Crippen LogP contribution in [0, 0.1) is 5.82 Å². The van der Waals surface area contributed by atoms with Crippen molar-refractivity contribution >= 4 is 17.5 Å². The van der Waals surface area contributed by atoms with E-state index in [1.165, 1.54) is 25.3 Å². The zero-order valence-corrected chi connectivity index (χ0v) is 19.1. The summed E-state index contributed by atoms with van der Waals surface area (Å²) in [6.45, 7) is 0.241. The predicted octanol–water partition coefficient (Wildman–Crippen LogP) is 3.55. The minimum absolute atomic E-state index is 0.0742. The second kappa shape index (κ2) is 9.60. The molecule has 1 aliphatic heterocycles. The maximum Gasteiger partial charge on any atom is 0.249 e. The fraction of sp³-hybridized carbons (Fsp3) is 0.240. The third kappa shape index (κ3) is 3.88. The van der Waals surface area contributed by atoms with Crippen LogP contribution in [0.25, 0.3) is 11.1 Å². The zero-order valence-electron chi connectivity index (χ0n) is 18.4. The zero-order chi connectivity index (χ0) is 24.5. The Bertz CT molecular complexity index is 1220. The summed E-state index contributed by atoms with van der Waals surface area (Å²) >= 11 is 6.54. The van der Waals surface area contributed by atoms with Crippen LogP contribution in [-0.4, -0.2) is 37.9 Å². The molecule has 0 fully saturated rings. The number of primary amides is 1. The van der Waals surface area contributed by atoms with Crippen LogP contribution in [-0.2, 0) is 10.3 Å². The van der Waals surface area contributed by atoms with Gasteiger partial charge in [0, 0.05) is 35.4 Å². The van der Waals surface area contributed by atoms with E-state index in [0.717, 1.165) is 0 Å². The maximum absolute atomic E-state index is 15.8. The topological polar surface area (TPSA) is 117 Å². The number of methoxy groups -OCH3 is 1. The quantitative estimate of drug-likeness (QED) is 0.419. The number of ether oxygens (including phenoxy) is 3. The molecule has 0 aromatic heterocycles. The highest BCUT2D eigenvalue weighted by Crippen LogP contribution is 2.54. The minimum Gasteiger partial charge on any atom is -0.488 e. The van der Waals surface area contributed by atoms with Crippen LogP contribution in [0.4, 0.5) is 4.39 Å². The lowest BCUT2D eigenvalue weighted by Gasteiger charge is -2.31. The van der Waals surface area contributed by atoms with Crippen molar-refractivity contribution in [3.63, 3.8) is 0 Å². The maximum atomic E-state index is 15.8. The predicted molar refractivity (Wildman–Crippen MR) is 125 cm³/mol. The van der Waals surface area contributed by atoms with E-state index in [4.69, 9.17) is 37.3 Å². The van der Waals surface area contributed by atoms with Crippen LogP contribution in [0.15, 0.2) is 54.6 Å². The summed E-state index contributed by atoms with van der Waals surface area (Å²) in [5.74, 6) is -1.57. The molecule has 5 N–H and O–H groups in total. The Labute approximate surface area is 201 Å². The van der Waals surface area contributed by atoms with E-state index in [1.807, 2.05) is 6.07 Å². The summed E-state index contributed by atoms with van der Waals surface area (Å²) in [6.07, 6.45) is -1.32. The van der Waals surface area contributed by atoms with Crippen molar-refractivity contribution in [2.45, 2.75) is 11.7 Å². The molecule has 3 aromatic rings. The lowest BCUT2D eigenvalue weighted by atomic mass is 9.83. The van der Waals surface area contributed by atoms with Crippen molar-refractivity contribution in [1.29, 1.82) is 0 Å². The molecular formula is C25H24ClFN2O5. The van der Waals surface area contributed by atoms with Crippen molar-refractivity contribution in [2.75, 3.05) is 26.9 Å². The average molecular weight is 487 g/mol. The van der Waals surface area contributed by atoms with E-state index >= 15 is 4.39 Å². The molecule has 0 saturated heterocycles. The standard InChI is InChI=1S/C25H24ClFN2O5/c1-32-11-12-33-18-9-7-15(24(29)31)19(22(18)27)20-16(26)8-10-17-21(20)23(30)25(13-28,34-17)14-5-3-2-4-6-14/h2-10,23,30H,11-13,28H2,1H3,(H2,29,31)/t23-,25+/m0/s1. The molecule has 0 radical (unpaired) electrons. The number of aliphatic hydroxyl groups excluding tert-OH is 1. The molecule has 0 aliphatic carbocycles. The second-order valence-corrected chi connectivity index (χ2v) is 8.21. The number of benzene rings is 3. The average Bonchev–Trinajstić information content (AvgIpc) is 3.13. The molecule has 1 heterocycles. The third-order valence-electron chi connectivity index (χ3n) is 5.89. The smallest absolute Gasteiger partial charge is 0.249 e. The molecule has 0 saturated carbocycles. The molecule has 178 valence electrons. The van der Waals surface area contributed by atoms with E-state index in [1.54, 1.807) is 30.3 Å². The van der Waals surface area contributed by atoms with Crippen LogP contribution in [0.2, 0.25) is 5.02 Å². The van der Waals surface area contributed by atoms with E-state index in [0.29, 0.717) is 5.56 Å². The van der Waals surface area contributed by atoms with Crippen molar-refractivity contribution in [2.24, 2.45) is 11.5 Å². The van der Waals surface area contributed by atoms with E-state index < -0.39 is 23.4 Å². The number of rotatable bonds is 8. The highest BCUT2D eigenvalue weighted by atomic mass is 35.5. The van der Waals surface area contributed by atoms with Gasteiger partial charge in [-0.3, -0.25) is 4.79 Å². The molecule has 1 aliphatic rings. The molecule has 0 spiro atoms. The van der Waals surface area contributed by atoms with Gasteiger partial charge in [-0.05, 0) is 29.8 Å². The molecule has 7 nitrogen and oxygen atoms in total. The first-order chi connectivity index (χ1) is 16.4. The van der Waals surface area contributed by atoms with E-state index in [2.05, 4.69) is 0 Å². The number of hydrogen-bond acceptors (Lipinski definition) is 6. The molecule has 1 amide bonds. The molecule has 0 unspecified atom stereocenters. The van der Waals surface area contributed by atoms with Gasteiger partial charge in [-0.2, -0.15) is 0 Å². The van der Waals surface area contributed by atoms with Crippen LogP contribution in [0.1, 0.15) is 27.6 Å². The van der Waals surface area contributed by atoms with Crippen LogP contribution < -0.4 is 20.9 Å². The number of fused-ring (bicyclic) bond motifs is 1. The fourth-order valence-corrected chi connectivity index (χ4v) is 4.49. The monoisotopic (exact) mass is 486 g/mol. The summed E-state index contributed by atoms with van der Waals surface area (Å²) in [5.41, 5.74) is 11.0. The Kier molecular flexibility index (Phi) is 6.77. The lowest BCUT2D eigenvalue weighted by molar-refractivity contribution is -0.0256. The number of hydrogen-bond donors (Lipinski definition) is 3. The highest BCUT2D eigenvalue weighted by molar-refractivity contribution is 6.34. The minimum atomic E-state index is -1.33. The number of amides is 1. The van der Waals surface area contributed by atoms with Gasteiger partial charge in [0.1, 0.15) is 18.5 Å². The Morgan fingerprint density at radius 1 is 1.15 bits per heavy atom. The Morgan fingerprint density at radius 3 is 2.53 bits per heavy atom. The highest BCUT2D eigenvalue weighted by Gasteiger charge is 2.50. The first kappa shape index (κ1) is 24.0. The van der Waals surface area contributed by atoms with Crippen molar-refractivity contribution in [1.82, 2.24) is 0 Å². The molecule has 4 rings (SSSR count). The Balaban J connectivity index is 1.94. The number of carbonyl (C=O) groups is 1. The van der Waals surface area contributed by atoms with Gasteiger partial charge in [-0.1, -0.05) is 41.9 Å². The molecule has 9 heteroatoms. The summed E-state index contributed by atoms with van der Waals surface area (Å²) < 4.78 is 32.4. The molecule has 34 heavy (non-hydrogen) atoms. The second-order valence-electron chi connectivity index (χ2n) is 7.80. The van der Waals surface area contributed by atoms with Crippen LogP contribution >= 0.6 is 11.6 Å². The van der Waals surface area contributed by atoms with Crippen LogP contribution in [0.5, 0.6) is 11.5 Å². The van der Waals surface area contributed by atoms with Gasteiger partial charge in [0.2, 0.25) is 5.91 Å². The van der Waals surface area contributed by atoms with Gasteiger partial charge in [0.05, 0.1) is 12.2 Å². The number of halogens is 2.